The van der Waals surface area contributed by atoms with Gasteiger partial charge in [-0.1, -0.05) is 37.6 Å². The summed E-state index contributed by atoms with van der Waals surface area (Å²) in [7, 11) is 0. The summed E-state index contributed by atoms with van der Waals surface area (Å²) in [5.74, 6) is 0.652. The molecule has 0 saturated heterocycles. The number of nitrogens with two attached hydrogens (primary N) is 2. The predicted molar refractivity (Wildman–Crippen MR) is 81.0 cm³/mol. The van der Waals surface area contributed by atoms with Crippen molar-refractivity contribution in [2.24, 2.45) is 0 Å². The standard InChI is InChI=1S/C14H20N6/c1-2-3-6-10-7-4-5-8-11(10)9-17-14-19-12(15)18-13(16)20-14/h4-5,7-8H,2-3,6,9H2,1H3,(H5,15,16,17,18,19,20). The SMILES string of the molecule is CCCCc1ccccc1CNc1nc(N)nc(N)n1. The van der Waals surface area contributed by atoms with E-state index in [1.165, 1.54) is 24.0 Å². The van der Waals surface area contributed by atoms with E-state index in [2.05, 4.69) is 45.4 Å². The third kappa shape index (κ3) is 3.81. The highest BCUT2D eigenvalue weighted by molar-refractivity contribution is 5.39. The monoisotopic (exact) mass is 272 g/mol. The molecular formula is C14H20N6. The van der Waals surface area contributed by atoms with Crippen LogP contribution in [0.15, 0.2) is 24.3 Å². The highest BCUT2D eigenvalue weighted by Crippen LogP contribution is 2.14. The number of hydrogen-bond acceptors (Lipinski definition) is 6. The molecule has 0 unspecified atom stereocenters. The number of hydrogen-bond donors (Lipinski definition) is 3. The molecule has 20 heavy (non-hydrogen) atoms. The van der Waals surface area contributed by atoms with Crippen molar-refractivity contribution < 1.29 is 0 Å². The van der Waals surface area contributed by atoms with Crippen molar-refractivity contribution >= 4 is 17.8 Å². The second kappa shape index (κ2) is 6.70. The van der Waals surface area contributed by atoms with Gasteiger partial charge in [0.1, 0.15) is 0 Å². The third-order valence-corrected chi connectivity index (χ3v) is 3.03. The summed E-state index contributed by atoms with van der Waals surface area (Å²) < 4.78 is 0. The van der Waals surface area contributed by atoms with Gasteiger partial charge in [0.05, 0.1) is 0 Å². The quantitative estimate of drug-likeness (QED) is 0.743. The van der Waals surface area contributed by atoms with Crippen LogP contribution >= 0.6 is 0 Å². The minimum Gasteiger partial charge on any atom is -0.368 e. The number of nitrogens with one attached hydrogen (secondary N) is 1. The smallest absolute Gasteiger partial charge is 0.229 e. The van der Waals surface area contributed by atoms with Crippen LogP contribution in [0.25, 0.3) is 0 Å². The first kappa shape index (κ1) is 14.0. The highest BCUT2D eigenvalue weighted by atomic mass is 15.2. The zero-order valence-corrected chi connectivity index (χ0v) is 11.6. The molecule has 0 aliphatic carbocycles. The second-order valence-corrected chi connectivity index (χ2v) is 4.60. The molecule has 0 aliphatic rings. The number of rotatable bonds is 6. The zero-order chi connectivity index (χ0) is 14.4. The van der Waals surface area contributed by atoms with Crippen molar-refractivity contribution in [3.05, 3.63) is 35.4 Å². The molecule has 0 fully saturated rings. The molecule has 6 heteroatoms. The van der Waals surface area contributed by atoms with Crippen molar-refractivity contribution in [1.82, 2.24) is 15.0 Å². The summed E-state index contributed by atoms with van der Waals surface area (Å²) in [5.41, 5.74) is 13.7. The Balaban J connectivity index is 2.06. The van der Waals surface area contributed by atoms with Crippen LogP contribution in [0.1, 0.15) is 30.9 Å². The first-order valence-corrected chi connectivity index (χ1v) is 6.76. The van der Waals surface area contributed by atoms with Gasteiger partial charge in [-0.15, -0.1) is 0 Å². The summed E-state index contributed by atoms with van der Waals surface area (Å²) in [6.45, 7) is 2.83. The normalized spacial score (nSPS) is 10.4. The minimum atomic E-state index is 0.124. The number of aryl methyl sites for hydroxylation is 1. The molecule has 0 saturated carbocycles. The molecule has 0 radical (unpaired) electrons. The molecule has 0 spiro atoms. The summed E-state index contributed by atoms with van der Waals surface area (Å²) >= 11 is 0. The van der Waals surface area contributed by atoms with E-state index in [4.69, 9.17) is 11.5 Å². The number of nitrogen functional groups attached to an aromatic ring is 2. The first-order chi connectivity index (χ1) is 9.69. The summed E-state index contributed by atoms with van der Waals surface area (Å²) in [6.07, 6.45) is 3.45. The second-order valence-electron chi connectivity index (χ2n) is 4.60. The molecule has 6 nitrogen and oxygen atoms in total. The van der Waals surface area contributed by atoms with Crippen molar-refractivity contribution in [3.63, 3.8) is 0 Å². The summed E-state index contributed by atoms with van der Waals surface area (Å²) in [5, 5.41) is 3.14. The van der Waals surface area contributed by atoms with Crippen LogP contribution in [0.2, 0.25) is 0 Å². The maximum absolute atomic E-state index is 5.54. The van der Waals surface area contributed by atoms with Gasteiger partial charge in [0.25, 0.3) is 0 Å². The topological polar surface area (TPSA) is 103 Å². The van der Waals surface area contributed by atoms with E-state index in [9.17, 15) is 0 Å². The molecule has 2 rings (SSSR count). The van der Waals surface area contributed by atoms with E-state index in [1.807, 2.05) is 6.07 Å². The Kier molecular flexibility index (Phi) is 4.70. The van der Waals surface area contributed by atoms with E-state index >= 15 is 0 Å². The van der Waals surface area contributed by atoms with E-state index in [0.29, 0.717) is 12.5 Å². The van der Waals surface area contributed by atoms with Gasteiger partial charge >= 0.3 is 0 Å². The Hall–Kier alpha value is -2.37. The molecule has 1 aromatic carbocycles. The Morgan fingerprint density at radius 2 is 1.65 bits per heavy atom. The molecule has 0 aliphatic heterocycles. The molecule has 1 aromatic heterocycles. The Labute approximate surface area is 118 Å². The van der Waals surface area contributed by atoms with Gasteiger partial charge in [0.15, 0.2) is 0 Å². The van der Waals surface area contributed by atoms with Crippen LogP contribution in [0, 0.1) is 0 Å². The zero-order valence-electron chi connectivity index (χ0n) is 11.6. The average Bonchev–Trinajstić information content (AvgIpc) is 2.43. The molecule has 1 heterocycles. The van der Waals surface area contributed by atoms with E-state index in [1.54, 1.807) is 0 Å². The Morgan fingerprint density at radius 1 is 1.00 bits per heavy atom. The largest absolute Gasteiger partial charge is 0.368 e. The fourth-order valence-corrected chi connectivity index (χ4v) is 2.00. The fraction of sp³-hybridized carbons (Fsp3) is 0.357. The third-order valence-electron chi connectivity index (χ3n) is 3.03. The van der Waals surface area contributed by atoms with E-state index < -0.39 is 0 Å². The molecule has 2 aromatic rings. The van der Waals surface area contributed by atoms with Crippen molar-refractivity contribution in [2.75, 3.05) is 16.8 Å². The summed E-state index contributed by atoms with van der Waals surface area (Å²) in [6, 6.07) is 8.35. The van der Waals surface area contributed by atoms with E-state index in [0.717, 1.165) is 6.42 Å². The lowest BCUT2D eigenvalue weighted by atomic mass is 10.0. The number of benzene rings is 1. The summed E-state index contributed by atoms with van der Waals surface area (Å²) in [4.78, 5) is 11.8. The minimum absolute atomic E-state index is 0.124. The Bertz CT molecular complexity index is 549. The predicted octanol–water partition coefficient (Wildman–Crippen LogP) is 1.99. The van der Waals surface area contributed by atoms with Crippen LogP contribution in [-0.2, 0) is 13.0 Å². The van der Waals surface area contributed by atoms with Crippen molar-refractivity contribution in [2.45, 2.75) is 32.7 Å². The van der Waals surface area contributed by atoms with Gasteiger partial charge in [-0.2, -0.15) is 15.0 Å². The number of anilines is 3. The fourth-order valence-electron chi connectivity index (χ4n) is 2.00. The van der Waals surface area contributed by atoms with Crippen LogP contribution < -0.4 is 16.8 Å². The number of aromatic nitrogens is 3. The lowest BCUT2D eigenvalue weighted by Gasteiger charge is -2.10. The molecule has 0 bridgehead atoms. The number of unbranched alkanes of at least 4 members (excludes halogenated alkanes) is 1. The first-order valence-electron chi connectivity index (χ1n) is 6.76. The van der Waals surface area contributed by atoms with Gasteiger partial charge in [0.2, 0.25) is 17.8 Å². The van der Waals surface area contributed by atoms with Crippen molar-refractivity contribution in [3.8, 4) is 0 Å². The van der Waals surface area contributed by atoms with Crippen LogP contribution in [0.5, 0.6) is 0 Å². The maximum Gasteiger partial charge on any atom is 0.229 e. The van der Waals surface area contributed by atoms with Gasteiger partial charge in [-0.05, 0) is 24.0 Å². The maximum atomic E-state index is 5.54. The average molecular weight is 272 g/mol. The van der Waals surface area contributed by atoms with Crippen LogP contribution in [0.3, 0.4) is 0 Å². The van der Waals surface area contributed by atoms with Gasteiger partial charge in [-0.3, -0.25) is 0 Å². The lowest BCUT2D eigenvalue weighted by Crippen LogP contribution is -2.10. The van der Waals surface area contributed by atoms with Crippen LogP contribution in [-0.4, -0.2) is 15.0 Å². The van der Waals surface area contributed by atoms with Gasteiger partial charge < -0.3 is 16.8 Å². The highest BCUT2D eigenvalue weighted by Gasteiger charge is 2.04. The van der Waals surface area contributed by atoms with Crippen LogP contribution in [0.4, 0.5) is 17.8 Å². The van der Waals surface area contributed by atoms with Crippen molar-refractivity contribution in [1.29, 1.82) is 0 Å². The molecular weight excluding hydrogens is 252 g/mol. The molecule has 0 amide bonds. The van der Waals surface area contributed by atoms with E-state index in [-0.39, 0.29) is 11.9 Å². The lowest BCUT2D eigenvalue weighted by molar-refractivity contribution is 0.787. The van der Waals surface area contributed by atoms with Gasteiger partial charge in [0, 0.05) is 6.54 Å². The number of nitrogens with zero attached hydrogens (tertiary/aromatic N) is 3. The molecule has 0 atom stereocenters. The molecule has 106 valence electrons. The Morgan fingerprint density at radius 3 is 2.30 bits per heavy atom. The van der Waals surface area contributed by atoms with Gasteiger partial charge in [-0.25, -0.2) is 0 Å². The molecule has 5 N–H and O–H groups in total.